The van der Waals surface area contributed by atoms with E-state index in [1.807, 2.05) is 7.05 Å². The number of aromatic nitrogens is 2. The van der Waals surface area contributed by atoms with Crippen molar-refractivity contribution in [1.82, 2.24) is 15.1 Å². The minimum Gasteiger partial charge on any atom is -0.465 e. The first kappa shape index (κ1) is 14.4. The quantitative estimate of drug-likeness (QED) is 0.734. The summed E-state index contributed by atoms with van der Waals surface area (Å²) in [6, 6.07) is -0.211. The minimum absolute atomic E-state index is 0.134. The zero-order valence-corrected chi connectivity index (χ0v) is 11.7. The fraction of sp³-hybridized carbons (Fsp3) is 0.667. The third-order valence-corrected chi connectivity index (χ3v) is 3.69. The van der Waals surface area contributed by atoms with Gasteiger partial charge in [0.05, 0.1) is 24.0 Å². The molecule has 0 radical (unpaired) electrons. The number of carboxylic acid groups (broad SMARTS) is 1. The highest BCUT2D eigenvalue weighted by Gasteiger charge is 2.29. The molecule has 0 spiro atoms. The Morgan fingerprint density at radius 3 is 2.80 bits per heavy atom. The molecule has 1 amide bonds. The van der Waals surface area contributed by atoms with Gasteiger partial charge in [0, 0.05) is 27.2 Å². The highest BCUT2D eigenvalue weighted by Crippen LogP contribution is 2.25. The fourth-order valence-electron chi connectivity index (χ4n) is 2.73. The smallest absolute Gasteiger partial charge is 0.404 e. The maximum absolute atomic E-state index is 10.8. The van der Waals surface area contributed by atoms with E-state index in [2.05, 4.69) is 15.3 Å². The summed E-state index contributed by atoms with van der Waals surface area (Å²) in [5.74, 6) is 0.871. The van der Waals surface area contributed by atoms with Gasteiger partial charge in [-0.15, -0.1) is 0 Å². The third-order valence-electron chi connectivity index (χ3n) is 3.69. The predicted molar refractivity (Wildman–Crippen MR) is 74.8 cm³/mol. The van der Waals surface area contributed by atoms with Gasteiger partial charge in [-0.1, -0.05) is 0 Å². The minimum atomic E-state index is -1.02. The molecule has 20 heavy (non-hydrogen) atoms. The van der Waals surface area contributed by atoms with Crippen LogP contribution < -0.4 is 16.0 Å². The SMILES string of the molecule is CO[C@H]1CCN(c2c(N)cnn2C)CC[C@H]1NC(=O)O. The van der Waals surface area contributed by atoms with Crippen LogP contribution in [0.25, 0.3) is 0 Å². The Morgan fingerprint density at radius 2 is 2.25 bits per heavy atom. The number of nitrogen functional groups attached to an aromatic ring is 1. The molecular weight excluding hydrogens is 262 g/mol. The van der Waals surface area contributed by atoms with Crippen LogP contribution in [-0.2, 0) is 11.8 Å². The number of carbonyl (C=O) groups is 1. The van der Waals surface area contributed by atoms with E-state index in [1.165, 1.54) is 0 Å². The highest BCUT2D eigenvalue weighted by atomic mass is 16.5. The summed E-state index contributed by atoms with van der Waals surface area (Å²) >= 11 is 0. The molecule has 2 atom stereocenters. The molecule has 1 aromatic rings. The van der Waals surface area contributed by atoms with Gasteiger partial charge in [-0.3, -0.25) is 4.68 Å². The largest absolute Gasteiger partial charge is 0.465 e. The lowest BCUT2D eigenvalue weighted by Crippen LogP contribution is -2.43. The van der Waals surface area contributed by atoms with Crippen LogP contribution in [0.2, 0.25) is 0 Å². The van der Waals surface area contributed by atoms with Crippen molar-refractivity contribution in [3.05, 3.63) is 6.20 Å². The molecule has 2 heterocycles. The van der Waals surface area contributed by atoms with Crippen LogP contribution in [0.4, 0.5) is 16.3 Å². The number of amides is 1. The first-order valence-corrected chi connectivity index (χ1v) is 6.57. The number of nitrogens with two attached hydrogens (primary N) is 1. The molecule has 0 aromatic carbocycles. The van der Waals surface area contributed by atoms with Crippen molar-refractivity contribution in [2.75, 3.05) is 30.8 Å². The fourth-order valence-corrected chi connectivity index (χ4v) is 2.73. The Labute approximate surface area is 117 Å². The van der Waals surface area contributed by atoms with Gasteiger partial charge in [-0.2, -0.15) is 5.10 Å². The Balaban J connectivity index is 2.12. The van der Waals surface area contributed by atoms with Crippen LogP contribution >= 0.6 is 0 Å². The number of rotatable bonds is 3. The van der Waals surface area contributed by atoms with Crippen molar-refractivity contribution >= 4 is 17.6 Å². The van der Waals surface area contributed by atoms with Crippen molar-refractivity contribution in [2.45, 2.75) is 25.0 Å². The second-order valence-electron chi connectivity index (χ2n) is 4.94. The average Bonchev–Trinajstić information content (AvgIpc) is 2.61. The highest BCUT2D eigenvalue weighted by molar-refractivity contribution is 5.65. The van der Waals surface area contributed by atoms with E-state index in [4.69, 9.17) is 15.6 Å². The number of nitrogens with zero attached hydrogens (tertiary/aromatic N) is 3. The standard InChI is InChI=1S/C12H21N5O3/c1-16-11(8(13)7-14-16)17-5-3-9(15-12(18)19)10(20-2)4-6-17/h7,9-10,15H,3-6,13H2,1-2H3,(H,18,19)/t9-,10+/m1/s1. The average molecular weight is 283 g/mol. The Morgan fingerprint density at radius 1 is 1.55 bits per heavy atom. The number of hydrogen-bond donors (Lipinski definition) is 3. The third kappa shape index (κ3) is 2.96. The van der Waals surface area contributed by atoms with Crippen LogP contribution in [0.15, 0.2) is 6.20 Å². The monoisotopic (exact) mass is 283 g/mol. The zero-order chi connectivity index (χ0) is 14.7. The first-order chi connectivity index (χ1) is 9.52. The first-order valence-electron chi connectivity index (χ1n) is 6.57. The molecule has 1 aliphatic rings. The van der Waals surface area contributed by atoms with Gasteiger partial charge in [-0.05, 0) is 12.8 Å². The van der Waals surface area contributed by atoms with Gasteiger partial charge in [0.2, 0.25) is 0 Å². The Bertz CT molecular complexity index is 456. The Kier molecular flexibility index (Phi) is 4.33. The summed E-state index contributed by atoms with van der Waals surface area (Å²) in [5, 5.41) is 15.6. The molecule has 0 bridgehead atoms. The summed E-state index contributed by atoms with van der Waals surface area (Å²) < 4.78 is 7.14. The van der Waals surface area contributed by atoms with Crippen molar-refractivity contribution in [1.29, 1.82) is 0 Å². The number of anilines is 2. The van der Waals surface area contributed by atoms with Crippen molar-refractivity contribution in [2.24, 2.45) is 7.05 Å². The zero-order valence-electron chi connectivity index (χ0n) is 11.7. The predicted octanol–water partition coefficient (Wildman–Crippen LogP) is 0.254. The summed E-state index contributed by atoms with van der Waals surface area (Å²) in [5.41, 5.74) is 6.57. The van der Waals surface area contributed by atoms with Crippen LogP contribution in [0, 0.1) is 0 Å². The summed E-state index contributed by atoms with van der Waals surface area (Å²) in [6.07, 6.45) is 1.86. The van der Waals surface area contributed by atoms with E-state index in [0.29, 0.717) is 18.7 Å². The number of nitrogens with one attached hydrogen (secondary N) is 1. The summed E-state index contributed by atoms with van der Waals surface area (Å²) in [7, 11) is 3.45. The number of hydrogen-bond acceptors (Lipinski definition) is 5. The van der Waals surface area contributed by atoms with Crippen LogP contribution in [0.5, 0.6) is 0 Å². The van der Waals surface area contributed by atoms with Gasteiger partial charge in [0.25, 0.3) is 0 Å². The Hall–Kier alpha value is -1.96. The van der Waals surface area contributed by atoms with E-state index in [0.717, 1.165) is 18.8 Å². The van der Waals surface area contributed by atoms with Gasteiger partial charge in [0.1, 0.15) is 5.82 Å². The van der Waals surface area contributed by atoms with Crippen LogP contribution in [0.1, 0.15) is 12.8 Å². The van der Waals surface area contributed by atoms with E-state index in [1.54, 1.807) is 18.0 Å². The molecule has 0 aliphatic carbocycles. The second kappa shape index (κ2) is 6.00. The molecule has 1 fully saturated rings. The lowest BCUT2D eigenvalue weighted by Gasteiger charge is -2.23. The molecule has 1 aliphatic heterocycles. The van der Waals surface area contributed by atoms with Crippen molar-refractivity contribution < 1.29 is 14.6 Å². The maximum Gasteiger partial charge on any atom is 0.404 e. The second-order valence-corrected chi connectivity index (χ2v) is 4.94. The molecule has 0 unspecified atom stereocenters. The van der Waals surface area contributed by atoms with E-state index >= 15 is 0 Å². The normalized spacial score (nSPS) is 23.4. The van der Waals surface area contributed by atoms with E-state index < -0.39 is 6.09 Å². The number of ether oxygens (including phenoxy) is 1. The summed E-state index contributed by atoms with van der Waals surface area (Å²) in [6.45, 7) is 1.45. The molecule has 0 saturated carbocycles. The van der Waals surface area contributed by atoms with Gasteiger partial charge >= 0.3 is 6.09 Å². The van der Waals surface area contributed by atoms with Crippen LogP contribution in [-0.4, -0.2) is 53.3 Å². The van der Waals surface area contributed by atoms with Gasteiger partial charge in [-0.25, -0.2) is 4.79 Å². The topological polar surface area (TPSA) is 106 Å². The molecule has 1 saturated heterocycles. The van der Waals surface area contributed by atoms with Gasteiger partial charge in [0.15, 0.2) is 0 Å². The number of methoxy groups -OCH3 is 1. The van der Waals surface area contributed by atoms with E-state index in [-0.39, 0.29) is 12.1 Å². The molecule has 112 valence electrons. The molecular formula is C12H21N5O3. The lowest BCUT2D eigenvalue weighted by atomic mass is 10.1. The van der Waals surface area contributed by atoms with E-state index in [9.17, 15) is 4.79 Å². The summed E-state index contributed by atoms with van der Waals surface area (Å²) in [4.78, 5) is 13.0. The van der Waals surface area contributed by atoms with Crippen LogP contribution in [0.3, 0.4) is 0 Å². The molecule has 1 aromatic heterocycles. The molecule has 8 nitrogen and oxygen atoms in total. The molecule has 4 N–H and O–H groups in total. The van der Waals surface area contributed by atoms with Crippen molar-refractivity contribution in [3.8, 4) is 0 Å². The maximum atomic E-state index is 10.8. The lowest BCUT2D eigenvalue weighted by molar-refractivity contribution is 0.0654. The molecule has 8 heteroatoms. The van der Waals surface area contributed by atoms with Gasteiger partial charge < -0.3 is 25.8 Å². The van der Waals surface area contributed by atoms with Crippen molar-refractivity contribution in [3.63, 3.8) is 0 Å². The molecule has 2 rings (SSSR count). The number of aryl methyl sites for hydroxylation is 1.